The number of nitrogens with zero attached hydrogens (tertiary/aromatic N) is 2. The largest absolute Gasteiger partial charge is 0.490 e. The lowest BCUT2D eigenvalue weighted by atomic mass is 10.1. The normalized spacial score (nSPS) is 15.4. The number of piperidine rings is 1. The second kappa shape index (κ2) is 7.86. The van der Waals surface area contributed by atoms with Gasteiger partial charge in [-0.05, 0) is 51.1 Å². The van der Waals surface area contributed by atoms with E-state index in [2.05, 4.69) is 0 Å². The molecule has 6 nitrogen and oxygen atoms in total. The second-order valence-corrected chi connectivity index (χ2v) is 7.69. The summed E-state index contributed by atoms with van der Waals surface area (Å²) in [4.78, 5) is 25.7. The number of likely N-dealkylation sites (tertiary alicyclic amines) is 1. The highest BCUT2D eigenvalue weighted by Crippen LogP contribution is 2.21. The fourth-order valence-electron chi connectivity index (χ4n) is 3.00. The third-order valence-electron chi connectivity index (χ3n) is 4.33. The highest BCUT2D eigenvalue weighted by molar-refractivity contribution is 5.68. The van der Waals surface area contributed by atoms with Gasteiger partial charge >= 0.3 is 6.09 Å². The van der Waals surface area contributed by atoms with Crippen molar-refractivity contribution in [1.82, 2.24) is 9.47 Å². The SMILES string of the molecule is CC(C)(C)OC(=O)N1CCC(Oc2ccc(-n3ccccc3=O)cc2)CC1. The highest BCUT2D eigenvalue weighted by atomic mass is 16.6. The number of hydrogen-bond acceptors (Lipinski definition) is 4. The van der Waals surface area contributed by atoms with Gasteiger partial charge in [0.25, 0.3) is 5.56 Å². The van der Waals surface area contributed by atoms with Crippen LogP contribution in [0.25, 0.3) is 5.69 Å². The number of hydrogen-bond donors (Lipinski definition) is 0. The Hall–Kier alpha value is -2.76. The first-order valence-electron chi connectivity index (χ1n) is 9.24. The number of amides is 1. The molecule has 0 atom stereocenters. The number of benzene rings is 1. The predicted octanol–water partition coefficient (Wildman–Crippen LogP) is 3.62. The molecule has 1 aliphatic heterocycles. The average Bonchev–Trinajstić information content (AvgIpc) is 2.62. The molecule has 1 aromatic heterocycles. The van der Waals surface area contributed by atoms with E-state index >= 15 is 0 Å². The molecule has 1 amide bonds. The van der Waals surface area contributed by atoms with Gasteiger partial charge in [0, 0.05) is 43.9 Å². The molecule has 144 valence electrons. The monoisotopic (exact) mass is 370 g/mol. The first-order valence-corrected chi connectivity index (χ1v) is 9.24. The molecule has 1 saturated heterocycles. The molecule has 0 aliphatic carbocycles. The van der Waals surface area contributed by atoms with Gasteiger partial charge in [-0.2, -0.15) is 0 Å². The second-order valence-electron chi connectivity index (χ2n) is 7.69. The molecule has 2 aromatic rings. The number of rotatable bonds is 3. The summed E-state index contributed by atoms with van der Waals surface area (Å²) in [5.74, 6) is 0.762. The standard InChI is InChI=1S/C21H26N2O4/c1-21(2,3)27-20(25)22-14-11-18(12-15-22)26-17-9-7-16(8-10-17)23-13-5-4-6-19(23)24/h4-10,13,18H,11-12,14-15H2,1-3H3. The van der Waals surface area contributed by atoms with E-state index in [4.69, 9.17) is 9.47 Å². The molecule has 0 bridgehead atoms. The first kappa shape index (κ1) is 19.0. The Morgan fingerprint density at radius 2 is 1.70 bits per heavy atom. The van der Waals surface area contributed by atoms with E-state index in [9.17, 15) is 9.59 Å². The van der Waals surface area contributed by atoms with E-state index < -0.39 is 5.60 Å². The van der Waals surface area contributed by atoms with Crippen LogP contribution in [0.15, 0.2) is 53.5 Å². The zero-order valence-electron chi connectivity index (χ0n) is 16.1. The summed E-state index contributed by atoms with van der Waals surface area (Å²) in [6, 6.07) is 12.6. The minimum Gasteiger partial charge on any atom is -0.490 e. The molecule has 1 aromatic carbocycles. The van der Waals surface area contributed by atoms with E-state index in [0.29, 0.717) is 13.1 Å². The van der Waals surface area contributed by atoms with Gasteiger partial charge in [0.2, 0.25) is 0 Å². The Kier molecular flexibility index (Phi) is 5.54. The Morgan fingerprint density at radius 1 is 1.04 bits per heavy atom. The topological polar surface area (TPSA) is 60.8 Å². The van der Waals surface area contributed by atoms with Gasteiger partial charge in [-0.25, -0.2) is 4.79 Å². The summed E-state index contributed by atoms with van der Waals surface area (Å²) in [6.07, 6.45) is 3.07. The van der Waals surface area contributed by atoms with Gasteiger partial charge < -0.3 is 14.4 Å². The van der Waals surface area contributed by atoms with Crippen molar-refractivity contribution in [3.8, 4) is 11.4 Å². The van der Waals surface area contributed by atoms with Crippen molar-refractivity contribution in [2.45, 2.75) is 45.3 Å². The highest BCUT2D eigenvalue weighted by Gasteiger charge is 2.27. The average molecular weight is 370 g/mol. The summed E-state index contributed by atoms with van der Waals surface area (Å²) in [5, 5.41) is 0. The van der Waals surface area contributed by atoms with Gasteiger partial charge in [0.1, 0.15) is 17.5 Å². The smallest absolute Gasteiger partial charge is 0.410 e. The Labute approximate surface area is 159 Å². The van der Waals surface area contributed by atoms with Crippen LogP contribution < -0.4 is 10.3 Å². The lowest BCUT2D eigenvalue weighted by molar-refractivity contribution is 0.0126. The molecule has 2 heterocycles. The summed E-state index contributed by atoms with van der Waals surface area (Å²) < 4.78 is 13.0. The van der Waals surface area contributed by atoms with Crippen LogP contribution in [0, 0.1) is 0 Å². The lowest BCUT2D eigenvalue weighted by Gasteiger charge is -2.33. The summed E-state index contributed by atoms with van der Waals surface area (Å²) in [5.41, 5.74) is 0.251. The van der Waals surface area contributed by atoms with Crippen LogP contribution in [0.5, 0.6) is 5.75 Å². The van der Waals surface area contributed by atoms with Gasteiger partial charge in [-0.1, -0.05) is 6.07 Å². The molecule has 0 N–H and O–H groups in total. The quantitative estimate of drug-likeness (QED) is 0.828. The van der Waals surface area contributed by atoms with Crippen LogP contribution in [0.4, 0.5) is 4.79 Å². The predicted molar refractivity (Wildman–Crippen MR) is 103 cm³/mol. The summed E-state index contributed by atoms with van der Waals surface area (Å²) in [7, 11) is 0. The van der Waals surface area contributed by atoms with Gasteiger partial charge in [0.05, 0.1) is 0 Å². The minimum atomic E-state index is -0.479. The third-order valence-corrected chi connectivity index (χ3v) is 4.33. The molecular formula is C21H26N2O4. The summed E-state index contributed by atoms with van der Waals surface area (Å²) in [6.45, 7) is 6.85. The van der Waals surface area contributed by atoms with Crippen LogP contribution in [-0.2, 0) is 4.74 Å². The number of ether oxygens (including phenoxy) is 2. The molecule has 1 fully saturated rings. The van der Waals surface area contributed by atoms with Gasteiger partial charge in [-0.3, -0.25) is 9.36 Å². The molecule has 0 radical (unpaired) electrons. The van der Waals surface area contributed by atoms with Crippen molar-refractivity contribution in [3.05, 3.63) is 59.0 Å². The number of pyridine rings is 1. The fourth-order valence-corrected chi connectivity index (χ4v) is 3.00. The van der Waals surface area contributed by atoms with E-state index in [1.165, 1.54) is 6.07 Å². The molecular weight excluding hydrogens is 344 g/mol. The Balaban J connectivity index is 1.54. The van der Waals surface area contributed by atoms with Crippen molar-refractivity contribution in [3.63, 3.8) is 0 Å². The molecule has 0 unspecified atom stereocenters. The van der Waals surface area contributed by atoms with Crippen LogP contribution in [0.2, 0.25) is 0 Å². The zero-order chi connectivity index (χ0) is 19.4. The van der Waals surface area contributed by atoms with Gasteiger partial charge in [-0.15, -0.1) is 0 Å². The van der Waals surface area contributed by atoms with Crippen molar-refractivity contribution in [1.29, 1.82) is 0 Å². The molecule has 0 spiro atoms. The van der Waals surface area contributed by atoms with E-state index in [0.717, 1.165) is 24.3 Å². The van der Waals surface area contributed by atoms with Crippen LogP contribution in [0.3, 0.4) is 0 Å². The summed E-state index contributed by atoms with van der Waals surface area (Å²) >= 11 is 0. The Morgan fingerprint density at radius 3 is 2.30 bits per heavy atom. The number of aromatic nitrogens is 1. The van der Waals surface area contributed by atoms with Crippen molar-refractivity contribution in [2.24, 2.45) is 0 Å². The first-order chi connectivity index (χ1) is 12.8. The maximum atomic E-state index is 12.1. The van der Waals surface area contributed by atoms with E-state index in [1.54, 1.807) is 21.7 Å². The number of carbonyl (C=O) groups excluding carboxylic acids is 1. The maximum absolute atomic E-state index is 12.1. The van der Waals surface area contributed by atoms with Crippen molar-refractivity contribution in [2.75, 3.05) is 13.1 Å². The fraction of sp³-hybridized carbons (Fsp3) is 0.429. The zero-order valence-corrected chi connectivity index (χ0v) is 16.1. The molecule has 1 aliphatic rings. The van der Waals surface area contributed by atoms with Crippen LogP contribution >= 0.6 is 0 Å². The third kappa shape index (κ3) is 5.12. The van der Waals surface area contributed by atoms with Crippen molar-refractivity contribution < 1.29 is 14.3 Å². The van der Waals surface area contributed by atoms with Gasteiger partial charge in [0.15, 0.2) is 0 Å². The molecule has 0 saturated carbocycles. The van der Waals surface area contributed by atoms with Crippen molar-refractivity contribution >= 4 is 6.09 Å². The minimum absolute atomic E-state index is 0.0639. The van der Waals surface area contributed by atoms with Crippen LogP contribution in [0.1, 0.15) is 33.6 Å². The van der Waals surface area contributed by atoms with E-state index in [1.807, 2.05) is 51.1 Å². The maximum Gasteiger partial charge on any atom is 0.410 e. The lowest BCUT2D eigenvalue weighted by Crippen LogP contribution is -2.44. The molecule has 3 rings (SSSR count). The molecule has 27 heavy (non-hydrogen) atoms. The molecule has 6 heteroatoms. The van der Waals surface area contributed by atoms with Crippen LogP contribution in [-0.4, -0.2) is 40.4 Å². The Bertz CT molecular complexity index is 828. The van der Waals surface area contributed by atoms with E-state index in [-0.39, 0.29) is 17.8 Å². The number of carbonyl (C=O) groups is 1.